The average molecular weight is 253 g/mol. The summed E-state index contributed by atoms with van der Waals surface area (Å²) >= 11 is 0. The fourth-order valence-electron chi connectivity index (χ4n) is 3.65. The van der Waals surface area contributed by atoms with Crippen LogP contribution in [0.3, 0.4) is 0 Å². The monoisotopic (exact) mass is 253 g/mol. The molecule has 0 radical (unpaired) electrons. The number of rotatable bonds is 4. The summed E-state index contributed by atoms with van der Waals surface area (Å²) in [5.41, 5.74) is 0.308. The number of hydrogen-bond acceptors (Lipinski definition) is 2. The molecule has 0 saturated heterocycles. The molecule has 2 saturated carbocycles. The van der Waals surface area contributed by atoms with Gasteiger partial charge in [0.25, 0.3) is 0 Å². The summed E-state index contributed by atoms with van der Waals surface area (Å²) in [5.74, 6) is 0.842. The molecule has 2 heteroatoms. The lowest BCUT2D eigenvalue weighted by atomic mass is 9.64. The van der Waals surface area contributed by atoms with Gasteiger partial charge in [-0.15, -0.1) is 0 Å². The van der Waals surface area contributed by atoms with E-state index in [2.05, 4.69) is 33.0 Å². The largest absolute Gasteiger partial charge is 0.378 e. The summed E-state index contributed by atoms with van der Waals surface area (Å²) in [6, 6.07) is 1.39. The molecule has 0 spiro atoms. The molecular formula is C16H31NO. The van der Waals surface area contributed by atoms with Crippen molar-refractivity contribution in [1.29, 1.82) is 0 Å². The second kappa shape index (κ2) is 5.92. The van der Waals surface area contributed by atoms with Crippen LogP contribution in [0.1, 0.15) is 66.2 Å². The van der Waals surface area contributed by atoms with Crippen molar-refractivity contribution in [3.63, 3.8) is 0 Å². The zero-order valence-corrected chi connectivity index (χ0v) is 12.7. The molecule has 2 fully saturated rings. The van der Waals surface area contributed by atoms with E-state index in [4.69, 9.17) is 4.74 Å². The number of nitrogens with one attached hydrogen (secondary N) is 1. The van der Waals surface area contributed by atoms with Gasteiger partial charge in [0.2, 0.25) is 0 Å². The van der Waals surface area contributed by atoms with Crippen molar-refractivity contribution in [1.82, 2.24) is 5.32 Å². The van der Waals surface area contributed by atoms with Crippen LogP contribution in [0.15, 0.2) is 0 Å². The van der Waals surface area contributed by atoms with Gasteiger partial charge in [0.15, 0.2) is 0 Å². The lowest BCUT2D eigenvalue weighted by molar-refractivity contribution is -0.117. The maximum absolute atomic E-state index is 5.82. The van der Waals surface area contributed by atoms with E-state index < -0.39 is 0 Å². The molecule has 0 bridgehead atoms. The highest BCUT2D eigenvalue weighted by molar-refractivity contribution is 5.04. The van der Waals surface area contributed by atoms with Crippen LogP contribution in [-0.4, -0.2) is 24.8 Å². The first kappa shape index (κ1) is 14.3. The lowest BCUT2D eigenvalue weighted by Crippen LogP contribution is -2.63. The summed E-state index contributed by atoms with van der Waals surface area (Å²) in [5, 5.41) is 3.94. The van der Waals surface area contributed by atoms with E-state index in [1.54, 1.807) is 0 Å². The van der Waals surface area contributed by atoms with Crippen molar-refractivity contribution in [3.05, 3.63) is 0 Å². The van der Waals surface area contributed by atoms with Gasteiger partial charge in [0.1, 0.15) is 0 Å². The van der Waals surface area contributed by atoms with Crippen LogP contribution in [0.4, 0.5) is 0 Å². The van der Waals surface area contributed by atoms with Crippen LogP contribution in [0.2, 0.25) is 0 Å². The molecular weight excluding hydrogens is 222 g/mol. The summed E-state index contributed by atoms with van der Waals surface area (Å²) in [6.45, 7) is 10.1. The Kier molecular flexibility index (Phi) is 4.71. The zero-order valence-electron chi connectivity index (χ0n) is 12.7. The first-order valence-electron chi connectivity index (χ1n) is 7.93. The number of hydrogen-bond donors (Lipinski definition) is 1. The molecule has 0 heterocycles. The van der Waals surface area contributed by atoms with Crippen LogP contribution in [0.25, 0.3) is 0 Å². The smallest absolute Gasteiger partial charge is 0.0655 e. The van der Waals surface area contributed by atoms with Gasteiger partial charge in [-0.05, 0) is 32.1 Å². The normalized spacial score (nSPS) is 40.0. The van der Waals surface area contributed by atoms with Crippen LogP contribution in [0.5, 0.6) is 0 Å². The Morgan fingerprint density at radius 3 is 2.56 bits per heavy atom. The highest BCUT2D eigenvalue weighted by Gasteiger charge is 2.49. The van der Waals surface area contributed by atoms with Crippen molar-refractivity contribution >= 4 is 0 Å². The van der Waals surface area contributed by atoms with Gasteiger partial charge >= 0.3 is 0 Å². The third kappa shape index (κ3) is 2.91. The second-order valence-corrected chi connectivity index (χ2v) is 6.94. The highest BCUT2D eigenvalue weighted by atomic mass is 16.5. The van der Waals surface area contributed by atoms with E-state index in [0.29, 0.717) is 17.6 Å². The van der Waals surface area contributed by atoms with Gasteiger partial charge < -0.3 is 10.1 Å². The summed E-state index contributed by atoms with van der Waals surface area (Å²) in [6.07, 6.45) is 8.69. The van der Waals surface area contributed by atoms with Crippen molar-refractivity contribution in [2.24, 2.45) is 11.3 Å². The Bertz CT molecular complexity index is 264. The molecule has 2 aliphatic carbocycles. The van der Waals surface area contributed by atoms with Crippen molar-refractivity contribution in [3.8, 4) is 0 Å². The minimum atomic E-state index is 0.308. The van der Waals surface area contributed by atoms with E-state index in [1.807, 2.05) is 0 Å². The van der Waals surface area contributed by atoms with Crippen molar-refractivity contribution < 1.29 is 4.74 Å². The predicted octanol–water partition coefficient (Wildman–Crippen LogP) is 3.75. The molecule has 2 nitrogen and oxygen atoms in total. The minimum absolute atomic E-state index is 0.308. The molecule has 0 aliphatic heterocycles. The molecule has 18 heavy (non-hydrogen) atoms. The van der Waals surface area contributed by atoms with Crippen LogP contribution in [-0.2, 0) is 4.74 Å². The molecule has 2 rings (SSSR count). The van der Waals surface area contributed by atoms with E-state index in [-0.39, 0.29) is 0 Å². The first-order valence-corrected chi connectivity index (χ1v) is 7.93. The van der Waals surface area contributed by atoms with Gasteiger partial charge in [-0.3, -0.25) is 0 Å². The first-order chi connectivity index (χ1) is 8.55. The maximum atomic E-state index is 5.82. The summed E-state index contributed by atoms with van der Waals surface area (Å²) < 4.78 is 5.82. The Labute approximate surface area is 113 Å². The van der Waals surface area contributed by atoms with Gasteiger partial charge in [0.05, 0.1) is 6.10 Å². The van der Waals surface area contributed by atoms with E-state index in [0.717, 1.165) is 18.6 Å². The Morgan fingerprint density at radius 2 is 1.89 bits per heavy atom. The van der Waals surface area contributed by atoms with E-state index >= 15 is 0 Å². The molecule has 1 N–H and O–H groups in total. The predicted molar refractivity (Wildman–Crippen MR) is 76.8 cm³/mol. The third-order valence-electron chi connectivity index (χ3n) is 5.32. The topological polar surface area (TPSA) is 21.3 Å². The second-order valence-electron chi connectivity index (χ2n) is 6.94. The molecule has 0 amide bonds. The Hall–Kier alpha value is -0.0800. The molecule has 0 aromatic carbocycles. The van der Waals surface area contributed by atoms with E-state index in [1.165, 1.54) is 38.5 Å². The molecule has 4 unspecified atom stereocenters. The SMILES string of the molecule is CCOC1CC(NC2CCCCCC2C)C1(C)C. The van der Waals surface area contributed by atoms with Gasteiger partial charge in [-0.1, -0.05) is 40.0 Å². The highest BCUT2D eigenvalue weighted by Crippen LogP contribution is 2.43. The van der Waals surface area contributed by atoms with Gasteiger partial charge in [-0.25, -0.2) is 0 Å². The Morgan fingerprint density at radius 1 is 1.17 bits per heavy atom. The van der Waals surface area contributed by atoms with Crippen molar-refractivity contribution in [2.75, 3.05) is 6.61 Å². The van der Waals surface area contributed by atoms with Gasteiger partial charge in [-0.2, -0.15) is 0 Å². The molecule has 2 aliphatic rings. The summed E-state index contributed by atoms with van der Waals surface area (Å²) in [4.78, 5) is 0. The fourth-order valence-corrected chi connectivity index (χ4v) is 3.65. The number of ether oxygens (including phenoxy) is 1. The molecule has 0 aromatic heterocycles. The third-order valence-corrected chi connectivity index (χ3v) is 5.32. The maximum Gasteiger partial charge on any atom is 0.0655 e. The lowest BCUT2D eigenvalue weighted by Gasteiger charge is -2.53. The molecule has 4 atom stereocenters. The van der Waals surface area contributed by atoms with E-state index in [9.17, 15) is 0 Å². The average Bonchev–Trinajstić information content (AvgIpc) is 2.53. The van der Waals surface area contributed by atoms with Crippen LogP contribution >= 0.6 is 0 Å². The van der Waals surface area contributed by atoms with Crippen LogP contribution < -0.4 is 5.32 Å². The molecule has 106 valence electrons. The zero-order chi connectivity index (χ0) is 13.2. The minimum Gasteiger partial charge on any atom is -0.378 e. The fraction of sp³-hybridized carbons (Fsp3) is 1.00. The van der Waals surface area contributed by atoms with Crippen LogP contribution in [0, 0.1) is 11.3 Å². The summed E-state index contributed by atoms with van der Waals surface area (Å²) in [7, 11) is 0. The standard InChI is InChI=1S/C16H31NO/c1-5-18-15-11-14(16(15,3)4)17-13-10-8-6-7-9-12(13)2/h12-15,17H,5-11H2,1-4H3. The van der Waals surface area contributed by atoms with Crippen molar-refractivity contribution in [2.45, 2.75) is 84.4 Å². The Balaban J connectivity index is 1.86. The quantitative estimate of drug-likeness (QED) is 0.771. The molecule has 0 aromatic rings. The van der Waals surface area contributed by atoms with Gasteiger partial charge in [0, 0.05) is 24.1 Å².